The first-order valence-corrected chi connectivity index (χ1v) is 11.7. The molecular formula is C23H22BrNO6S. The van der Waals surface area contributed by atoms with Crippen molar-refractivity contribution in [2.24, 2.45) is 0 Å². The van der Waals surface area contributed by atoms with Crippen LogP contribution in [0, 0.1) is 6.92 Å². The molecule has 32 heavy (non-hydrogen) atoms. The highest BCUT2D eigenvalue weighted by Gasteiger charge is 2.17. The fourth-order valence-electron chi connectivity index (χ4n) is 3.13. The Morgan fingerprint density at radius 3 is 2.72 bits per heavy atom. The van der Waals surface area contributed by atoms with Crippen molar-refractivity contribution >= 4 is 33.2 Å². The summed E-state index contributed by atoms with van der Waals surface area (Å²) in [5, 5.41) is 0.835. The van der Waals surface area contributed by atoms with Crippen molar-refractivity contribution in [1.82, 2.24) is 4.98 Å². The molecule has 0 saturated heterocycles. The van der Waals surface area contributed by atoms with E-state index in [1.54, 1.807) is 19.1 Å². The lowest BCUT2D eigenvalue weighted by atomic mass is 10.1. The molecule has 0 amide bonds. The van der Waals surface area contributed by atoms with E-state index in [2.05, 4.69) is 15.9 Å². The van der Waals surface area contributed by atoms with Gasteiger partial charge in [0.1, 0.15) is 36.3 Å². The number of fused-ring (bicyclic) bond motifs is 1. The van der Waals surface area contributed by atoms with E-state index in [1.165, 1.54) is 11.3 Å². The van der Waals surface area contributed by atoms with Gasteiger partial charge in [0.15, 0.2) is 18.1 Å². The molecule has 0 N–H and O–H groups in total. The van der Waals surface area contributed by atoms with Crippen LogP contribution in [-0.4, -0.2) is 37.4 Å². The third kappa shape index (κ3) is 5.34. The van der Waals surface area contributed by atoms with Crippen molar-refractivity contribution in [3.8, 4) is 34.3 Å². The van der Waals surface area contributed by atoms with Crippen LogP contribution < -0.4 is 18.9 Å². The molecule has 4 rings (SSSR count). The molecule has 0 radical (unpaired) electrons. The summed E-state index contributed by atoms with van der Waals surface area (Å²) in [6.07, 6.45) is 0. The monoisotopic (exact) mass is 519 g/mol. The first kappa shape index (κ1) is 22.4. The average Bonchev–Trinajstić information content (AvgIpc) is 3.17. The third-order valence-corrected chi connectivity index (χ3v) is 6.28. The standard InChI is InChI=1S/C23H22BrNO6S/c1-3-27-21(26)13-31-17-7-5-16(10-14(17)2)30-12-20-25-22(23(24)32-20)15-4-6-18-19(11-15)29-9-8-28-18/h4-7,10-11H,3,8-9,12-13H2,1-2H3. The Hall–Kier alpha value is -2.78. The quantitative estimate of drug-likeness (QED) is 0.379. The second-order valence-electron chi connectivity index (χ2n) is 6.90. The zero-order valence-corrected chi connectivity index (χ0v) is 20.1. The Morgan fingerprint density at radius 2 is 1.94 bits per heavy atom. The van der Waals surface area contributed by atoms with E-state index in [0.717, 1.165) is 37.1 Å². The normalized spacial score (nSPS) is 12.3. The molecule has 9 heteroatoms. The van der Waals surface area contributed by atoms with Crippen LogP contribution in [-0.2, 0) is 16.1 Å². The van der Waals surface area contributed by atoms with Crippen LogP contribution in [0.4, 0.5) is 0 Å². The highest BCUT2D eigenvalue weighted by atomic mass is 79.9. The number of halogens is 1. The summed E-state index contributed by atoms with van der Waals surface area (Å²) >= 11 is 5.13. The summed E-state index contributed by atoms with van der Waals surface area (Å²) in [6.45, 7) is 5.30. The number of hydrogen-bond acceptors (Lipinski definition) is 8. The fourth-order valence-corrected chi connectivity index (χ4v) is 4.73. The molecule has 1 aliphatic rings. The first-order chi connectivity index (χ1) is 15.5. The number of esters is 1. The smallest absolute Gasteiger partial charge is 0.344 e. The van der Waals surface area contributed by atoms with Crippen molar-refractivity contribution in [3.05, 3.63) is 50.8 Å². The van der Waals surface area contributed by atoms with Gasteiger partial charge >= 0.3 is 5.97 Å². The zero-order valence-electron chi connectivity index (χ0n) is 17.7. The van der Waals surface area contributed by atoms with E-state index < -0.39 is 5.97 Å². The maximum Gasteiger partial charge on any atom is 0.344 e. The molecule has 0 unspecified atom stereocenters. The molecule has 0 saturated carbocycles. The SMILES string of the molecule is CCOC(=O)COc1ccc(OCc2nc(-c3ccc4c(c3)OCCO4)c(Br)s2)cc1C. The summed E-state index contributed by atoms with van der Waals surface area (Å²) < 4.78 is 28.5. The number of aryl methyl sites for hydroxylation is 1. The molecule has 1 aliphatic heterocycles. The van der Waals surface area contributed by atoms with Crippen molar-refractivity contribution < 1.29 is 28.5 Å². The van der Waals surface area contributed by atoms with E-state index in [4.69, 9.17) is 28.7 Å². The zero-order chi connectivity index (χ0) is 22.5. The molecule has 1 aromatic heterocycles. The number of nitrogens with zero attached hydrogens (tertiary/aromatic N) is 1. The summed E-state index contributed by atoms with van der Waals surface area (Å²) in [4.78, 5) is 16.2. The predicted molar refractivity (Wildman–Crippen MR) is 124 cm³/mol. The highest BCUT2D eigenvalue weighted by Crippen LogP contribution is 2.39. The maximum atomic E-state index is 11.5. The fraction of sp³-hybridized carbons (Fsp3) is 0.304. The molecule has 0 aliphatic carbocycles. The molecule has 168 valence electrons. The van der Waals surface area contributed by atoms with E-state index >= 15 is 0 Å². The number of hydrogen-bond donors (Lipinski definition) is 0. The maximum absolute atomic E-state index is 11.5. The molecular weight excluding hydrogens is 498 g/mol. The van der Waals surface area contributed by atoms with Crippen molar-refractivity contribution in [3.63, 3.8) is 0 Å². The number of rotatable bonds is 8. The Bertz CT molecular complexity index is 1120. The van der Waals surface area contributed by atoms with Gasteiger partial charge in [0.25, 0.3) is 0 Å². The molecule has 0 fully saturated rings. The van der Waals surface area contributed by atoms with Crippen LogP contribution in [0.5, 0.6) is 23.0 Å². The topological polar surface area (TPSA) is 76.1 Å². The molecule has 2 heterocycles. The van der Waals surface area contributed by atoms with Gasteiger partial charge < -0.3 is 23.7 Å². The Balaban J connectivity index is 1.39. The van der Waals surface area contributed by atoms with Gasteiger partial charge in [0.2, 0.25) is 0 Å². The predicted octanol–water partition coefficient (Wildman–Crippen LogP) is 5.17. The highest BCUT2D eigenvalue weighted by molar-refractivity contribution is 9.11. The van der Waals surface area contributed by atoms with Crippen molar-refractivity contribution in [2.75, 3.05) is 26.4 Å². The largest absolute Gasteiger partial charge is 0.486 e. The van der Waals surface area contributed by atoms with Crippen LogP contribution in [0.25, 0.3) is 11.3 Å². The van der Waals surface area contributed by atoms with Crippen molar-refractivity contribution in [2.45, 2.75) is 20.5 Å². The van der Waals surface area contributed by atoms with E-state index in [9.17, 15) is 4.79 Å². The van der Waals surface area contributed by atoms with Gasteiger partial charge in [-0.25, -0.2) is 9.78 Å². The lowest BCUT2D eigenvalue weighted by Crippen LogP contribution is -2.15. The first-order valence-electron chi connectivity index (χ1n) is 10.1. The van der Waals surface area contributed by atoms with Gasteiger partial charge in [-0.1, -0.05) is 0 Å². The summed E-state index contributed by atoms with van der Waals surface area (Å²) in [6, 6.07) is 11.3. The van der Waals surface area contributed by atoms with Gasteiger partial charge in [-0.15, -0.1) is 11.3 Å². The number of carbonyl (C=O) groups is 1. The summed E-state index contributed by atoms with van der Waals surface area (Å²) in [7, 11) is 0. The van der Waals surface area contributed by atoms with Gasteiger partial charge in [-0.05, 0) is 71.7 Å². The third-order valence-electron chi connectivity index (χ3n) is 4.61. The van der Waals surface area contributed by atoms with Crippen LogP contribution in [0.15, 0.2) is 40.2 Å². The second kappa shape index (κ2) is 10.2. The molecule has 3 aromatic rings. The minimum atomic E-state index is -0.393. The summed E-state index contributed by atoms with van der Waals surface area (Å²) in [5.74, 6) is 2.39. The Kier molecular flexibility index (Phi) is 7.16. The second-order valence-corrected chi connectivity index (χ2v) is 9.30. The number of thiazole rings is 1. The number of carbonyl (C=O) groups excluding carboxylic acids is 1. The van der Waals surface area contributed by atoms with E-state index in [1.807, 2.05) is 31.2 Å². The van der Waals surface area contributed by atoms with Gasteiger partial charge in [0.05, 0.1) is 16.1 Å². The van der Waals surface area contributed by atoms with Crippen LogP contribution in [0.3, 0.4) is 0 Å². The molecule has 2 aromatic carbocycles. The van der Waals surface area contributed by atoms with Gasteiger partial charge in [-0.2, -0.15) is 0 Å². The number of ether oxygens (including phenoxy) is 5. The Labute approximate surface area is 198 Å². The Morgan fingerprint density at radius 1 is 1.12 bits per heavy atom. The molecule has 0 bridgehead atoms. The van der Waals surface area contributed by atoms with Gasteiger partial charge in [-0.3, -0.25) is 0 Å². The van der Waals surface area contributed by atoms with Crippen LogP contribution >= 0.6 is 27.3 Å². The minimum absolute atomic E-state index is 0.120. The lowest BCUT2D eigenvalue weighted by Gasteiger charge is -2.18. The average molecular weight is 520 g/mol. The molecule has 0 spiro atoms. The van der Waals surface area contributed by atoms with Crippen LogP contribution in [0.1, 0.15) is 17.5 Å². The number of benzene rings is 2. The van der Waals surface area contributed by atoms with E-state index in [-0.39, 0.29) is 6.61 Å². The molecule has 7 nitrogen and oxygen atoms in total. The minimum Gasteiger partial charge on any atom is -0.486 e. The van der Waals surface area contributed by atoms with E-state index in [0.29, 0.717) is 37.9 Å². The summed E-state index contributed by atoms with van der Waals surface area (Å²) in [5.41, 5.74) is 2.65. The lowest BCUT2D eigenvalue weighted by molar-refractivity contribution is -0.145. The van der Waals surface area contributed by atoms with Gasteiger partial charge in [0, 0.05) is 5.56 Å². The number of aromatic nitrogens is 1. The van der Waals surface area contributed by atoms with Crippen LogP contribution in [0.2, 0.25) is 0 Å². The van der Waals surface area contributed by atoms with Crippen molar-refractivity contribution in [1.29, 1.82) is 0 Å². The molecule has 0 atom stereocenters.